The number of nitrogens with zero attached hydrogens (tertiary/aromatic N) is 4. The predicted molar refractivity (Wildman–Crippen MR) is 136 cm³/mol. The highest BCUT2D eigenvalue weighted by atomic mass is 19.4. The molecule has 0 aliphatic carbocycles. The van der Waals surface area contributed by atoms with Gasteiger partial charge in [0.2, 0.25) is 0 Å². The molecule has 5 rings (SSSR count). The Morgan fingerprint density at radius 1 is 0.974 bits per heavy atom. The van der Waals surface area contributed by atoms with Crippen molar-refractivity contribution in [2.45, 2.75) is 12.7 Å². The maximum atomic E-state index is 13.3. The zero-order valence-corrected chi connectivity index (χ0v) is 20.0. The van der Waals surface area contributed by atoms with Crippen molar-refractivity contribution in [3.63, 3.8) is 0 Å². The largest absolute Gasteiger partial charge is 0.478 e. The maximum absolute atomic E-state index is 13.3. The highest BCUT2D eigenvalue weighted by Crippen LogP contribution is 2.34. The molecule has 3 heterocycles. The average molecular weight is 532 g/mol. The molecule has 39 heavy (non-hydrogen) atoms. The highest BCUT2D eigenvalue weighted by molar-refractivity contribution is 5.95. The number of fused-ring (bicyclic) bond motifs is 1. The van der Waals surface area contributed by atoms with E-state index >= 15 is 0 Å². The zero-order chi connectivity index (χ0) is 27.7. The van der Waals surface area contributed by atoms with Gasteiger partial charge in [-0.1, -0.05) is 12.1 Å². The Morgan fingerprint density at radius 2 is 1.67 bits per heavy atom. The quantitative estimate of drug-likeness (QED) is 0.288. The lowest BCUT2D eigenvalue weighted by Gasteiger charge is -2.12. The molecule has 0 atom stereocenters. The van der Waals surface area contributed by atoms with Crippen LogP contribution in [0.25, 0.3) is 28.2 Å². The normalized spacial score (nSPS) is 11.5. The number of imidazole rings is 1. The molecule has 0 unspecified atom stereocenters. The van der Waals surface area contributed by atoms with E-state index in [9.17, 15) is 22.8 Å². The Morgan fingerprint density at radius 3 is 2.31 bits per heavy atom. The van der Waals surface area contributed by atoms with E-state index in [4.69, 9.17) is 10.8 Å². The van der Waals surface area contributed by atoms with E-state index in [0.717, 1.165) is 17.8 Å². The van der Waals surface area contributed by atoms with E-state index in [1.54, 1.807) is 41.0 Å². The summed E-state index contributed by atoms with van der Waals surface area (Å²) in [6.45, 7) is 0.181. The lowest BCUT2D eigenvalue weighted by atomic mass is 10.1. The molecule has 0 aliphatic rings. The summed E-state index contributed by atoms with van der Waals surface area (Å²) < 4.78 is 41.5. The lowest BCUT2D eigenvalue weighted by Crippen LogP contribution is -2.22. The summed E-state index contributed by atoms with van der Waals surface area (Å²) >= 11 is 0. The van der Waals surface area contributed by atoms with Crippen molar-refractivity contribution in [2.75, 3.05) is 5.73 Å². The molecular formula is C27H19F3N6O3. The lowest BCUT2D eigenvalue weighted by molar-refractivity contribution is -0.137. The number of rotatable bonds is 6. The number of pyridine rings is 2. The molecule has 0 fully saturated rings. The van der Waals surface area contributed by atoms with Crippen molar-refractivity contribution >= 4 is 28.9 Å². The number of hydrogen-bond acceptors (Lipinski definition) is 6. The van der Waals surface area contributed by atoms with Crippen molar-refractivity contribution in [2.24, 2.45) is 0 Å². The first-order valence-corrected chi connectivity index (χ1v) is 11.5. The molecule has 9 nitrogen and oxygen atoms in total. The third-order valence-electron chi connectivity index (χ3n) is 5.95. The van der Waals surface area contributed by atoms with Crippen LogP contribution < -0.4 is 11.1 Å². The van der Waals surface area contributed by atoms with Crippen molar-refractivity contribution in [1.82, 2.24) is 24.8 Å². The number of nitrogens with two attached hydrogens (primary N) is 1. The van der Waals surface area contributed by atoms with Crippen LogP contribution in [0.15, 0.2) is 79.1 Å². The minimum Gasteiger partial charge on any atom is -0.478 e. The van der Waals surface area contributed by atoms with E-state index in [0.29, 0.717) is 16.8 Å². The van der Waals surface area contributed by atoms with Crippen molar-refractivity contribution in [3.05, 3.63) is 101 Å². The molecule has 12 heteroatoms. The number of nitrogens with one attached hydrogen (secondary N) is 1. The van der Waals surface area contributed by atoms with Crippen LogP contribution in [-0.2, 0) is 12.7 Å². The minimum atomic E-state index is -4.58. The number of carboxylic acid groups (broad SMARTS) is 1. The van der Waals surface area contributed by atoms with Gasteiger partial charge in [-0.15, -0.1) is 0 Å². The van der Waals surface area contributed by atoms with Gasteiger partial charge in [0.1, 0.15) is 11.3 Å². The first-order chi connectivity index (χ1) is 18.6. The molecule has 0 bridgehead atoms. The first-order valence-electron chi connectivity index (χ1n) is 11.5. The van der Waals surface area contributed by atoms with E-state index in [1.165, 1.54) is 30.5 Å². The SMILES string of the molecule is Nc1ncccc1-c1nc2cc(C(F)(F)F)cnc2n1-c1ccc(CNC(=O)c2ccc(C(=O)O)cc2)cc1. The molecule has 0 spiro atoms. The van der Waals surface area contributed by atoms with Gasteiger partial charge in [0.25, 0.3) is 5.91 Å². The van der Waals surface area contributed by atoms with Crippen LogP contribution in [0, 0.1) is 0 Å². The van der Waals surface area contributed by atoms with Gasteiger partial charge in [-0.25, -0.2) is 19.7 Å². The van der Waals surface area contributed by atoms with Crippen LogP contribution in [0.4, 0.5) is 19.0 Å². The van der Waals surface area contributed by atoms with Gasteiger partial charge in [-0.3, -0.25) is 9.36 Å². The molecule has 196 valence electrons. The van der Waals surface area contributed by atoms with Crippen LogP contribution in [-0.4, -0.2) is 36.5 Å². The topological polar surface area (TPSA) is 136 Å². The summed E-state index contributed by atoms with van der Waals surface area (Å²) in [6, 6.07) is 16.7. The number of carbonyl (C=O) groups is 2. The molecule has 5 aromatic rings. The molecule has 4 N–H and O–H groups in total. The Bertz CT molecular complexity index is 1700. The fraction of sp³-hybridized carbons (Fsp3) is 0.0741. The van der Waals surface area contributed by atoms with Gasteiger partial charge >= 0.3 is 12.1 Å². The van der Waals surface area contributed by atoms with Crippen LogP contribution in [0.3, 0.4) is 0 Å². The maximum Gasteiger partial charge on any atom is 0.417 e. The minimum absolute atomic E-state index is 0.0355. The number of amides is 1. The summed E-state index contributed by atoms with van der Waals surface area (Å²) in [4.78, 5) is 36.0. The summed E-state index contributed by atoms with van der Waals surface area (Å²) in [5.74, 6) is -1.04. The number of aromatic carboxylic acids is 1. The molecule has 0 radical (unpaired) electrons. The number of aromatic nitrogens is 4. The van der Waals surface area contributed by atoms with Gasteiger partial charge in [0.05, 0.1) is 16.7 Å². The Labute approximate surface area is 218 Å². The second-order valence-corrected chi connectivity index (χ2v) is 8.50. The van der Waals surface area contributed by atoms with E-state index in [1.807, 2.05) is 0 Å². The van der Waals surface area contributed by atoms with Crippen LogP contribution in [0.5, 0.6) is 0 Å². The molecular weight excluding hydrogens is 513 g/mol. The number of carboxylic acids is 1. The molecule has 0 saturated carbocycles. The van der Waals surface area contributed by atoms with E-state index in [-0.39, 0.29) is 40.8 Å². The predicted octanol–water partition coefficient (Wildman–Crippen LogP) is 4.71. The van der Waals surface area contributed by atoms with Crippen molar-refractivity contribution < 1.29 is 27.9 Å². The standard InChI is InChI=1S/C27H19F3N6O3/c28-27(29,30)18-12-21-24(33-14-18)36(23(35-21)20-2-1-11-32-22(20)31)19-9-3-15(4-10-19)13-34-25(37)16-5-7-17(8-6-16)26(38)39/h1-12,14H,13H2,(H2,31,32)(H,34,37)(H,38,39). The summed E-state index contributed by atoms with van der Waals surface area (Å²) in [5.41, 5.74) is 7.48. The fourth-order valence-corrected chi connectivity index (χ4v) is 3.96. The Hall–Kier alpha value is -5.26. The number of halogens is 3. The Kier molecular flexibility index (Phi) is 6.44. The van der Waals surface area contributed by atoms with Crippen molar-refractivity contribution in [3.8, 4) is 17.1 Å². The average Bonchev–Trinajstić information content (AvgIpc) is 3.30. The van der Waals surface area contributed by atoms with Crippen LogP contribution >= 0.6 is 0 Å². The number of carbonyl (C=O) groups excluding carboxylic acids is 1. The molecule has 0 saturated heterocycles. The smallest absolute Gasteiger partial charge is 0.417 e. The molecule has 0 aliphatic heterocycles. The van der Waals surface area contributed by atoms with Crippen molar-refractivity contribution in [1.29, 1.82) is 0 Å². The van der Waals surface area contributed by atoms with E-state index < -0.39 is 17.7 Å². The summed E-state index contributed by atoms with van der Waals surface area (Å²) in [6.07, 6.45) is -2.33. The number of anilines is 1. The fourth-order valence-electron chi connectivity index (χ4n) is 3.96. The molecule has 1 amide bonds. The molecule has 3 aromatic heterocycles. The Balaban J connectivity index is 1.45. The number of alkyl halides is 3. The number of nitrogen functional groups attached to an aromatic ring is 1. The highest BCUT2D eigenvalue weighted by Gasteiger charge is 2.32. The van der Waals surface area contributed by atoms with Crippen LogP contribution in [0.2, 0.25) is 0 Å². The molecule has 2 aromatic carbocycles. The van der Waals surface area contributed by atoms with Gasteiger partial charge in [-0.05, 0) is 60.2 Å². The number of benzene rings is 2. The monoisotopic (exact) mass is 532 g/mol. The third kappa shape index (κ3) is 5.12. The van der Waals surface area contributed by atoms with Gasteiger partial charge in [-0.2, -0.15) is 13.2 Å². The van der Waals surface area contributed by atoms with Gasteiger partial charge in [0.15, 0.2) is 11.5 Å². The third-order valence-corrected chi connectivity index (χ3v) is 5.95. The zero-order valence-electron chi connectivity index (χ0n) is 20.0. The van der Waals surface area contributed by atoms with Gasteiger partial charge in [0, 0.05) is 30.2 Å². The van der Waals surface area contributed by atoms with Crippen LogP contribution in [0.1, 0.15) is 31.8 Å². The summed E-state index contributed by atoms with van der Waals surface area (Å²) in [5, 5.41) is 11.8. The second-order valence-electron chi connectivity index (χ2n) is 8.50. The second kappa shape index (κ2) is 9.89. The van der Waals surface area contributed by atoms with Gasteiger partial charge < -0.3 is 16.2 Å². The first kappa shape index (κ1) is 25.4. The number of hydrogen-bond donors (Lipinski definition) is 3. The van der Waals surface area contributed by atoms with E-state index in [2.05, 4.69) is 20.3 Å². The summed E-state index contributed by atoms with van der Waals surface area (Å²) in [7, 11) is 0.